The molecule has 1 N–H and O–H groups in total. The average Bonchev–Trinajstić information content (AvgIpc) is 3.87. The predicted molar refractivity (Wildman–Crippen MR) is 187 cm³/mol. The second-order valence-electron chi connectivity index (χ2n) is 14.1. The van der Waals surface area contributed by atoms with Gasteiger partial charge in [0.15, 0.2) is 0 Å². The SMILES string of the molecule is COc1ccccc1C(Cn1c(=O)n(C(C)(C)C(=O)N2CCCCC2)c(=S)c2c(C)c(-c3ncco3)sc21)OC1CC2CC(O)CC2C1. The summed E-state index contributed by atoms with van der Waals surface area (Å²) in [5.74, 6) is 1.89. The summed E-state index contributed by atoms with van der Waals surface area (Å²) in [5, 5.41) is 11.0. The number of hydrogen-bond acceptors (Lipinski definition) is 9. The van der Waals surface area contributed by atoms with Gasteiger partial charge >= 0.3 is 5.69 Å². The van der Waals surface area contributed by atoms with E-state index < -0.39 is 11.6 Å². The van der Waals surface area contributed by atoms with Crippen LogP contribution in [0.2, 0.25) is 0 Å². The third-order valence-corrected chi connectivity index (χ3v) is 12.4. The van der Waals surface area contributed by atoms with E-state index in [1.54, 1.807) is 31.7 Å². The molecule has 0 spiro atoms. The molecule has 4 aromatic rings. The maximum atomic E-state index is 14.9. The molecule has 2 aliphatic carbocycles. The first-order valence-corrected chi connectivity index (χ1v) is 18.3. The van der Waals surface area contributed by atoms with Crippen LogP contribution >= 0.6 is 23.6 Å². The third-order valence-electron chi connectivity index (χ3n) is 10.7. The minimum Gasteiger partial charge on any atom is -0.496 e. The number of benzene rings is 1. The van der Waals surface area contributed by atoms with Gasteiger partial charge in [0.25, 0.3) is 0 Å². The summed E-state index contributed by atoms with van der Waals surface area (Å²) < 4.78 is 22.1. The molecule has 3 unspecified atom stereocenters. The van der Waals surface area contributed by atoms with Crippen LogP contribution in [-0.4, -0.2) is 62.4 Å². The number of likely N-dealkylation sites (tertiary alicyclic amines) is 1. The summed E-state index contributed by atoms with van der Waals surface area (Å²) in [4.78, 5) is 36.8. The van der Waals surface area contributed by atoms with Crippen molar-refractivity contribution in [3.63, 3.8) is 0 Å². The summed E-state index contributed by atoms with van der Waals surface area (Å²) in [6.45, 7) is 7.08. The third kappa shape index (κ3) is 5.84. The summed E-state index contributed by atoms with van der Waals surface area (Å²) in [7, 11) is 1.64. The van der Waals surface area contributed by atoms with Crippen LogP contribution in [0, 0.1) is 23.4 Å². The number of carbonyl (C=O) groups excluding carboxylic acids is 1. The Morgan fingerprint density at radius 3 is 2.52 bits per heavy atom. The van der Waals surface area contributed by atoms with Crippen LogP contribution in [-0.2, 0) is 21.6 Å². The number of rotatable bonds is 9. The monoisotopic (exact) mass is 692 g/mol. The zero-order chi connectivity index (χ0) is 33.7. The van der Waals surface area contributed by atoms with E-state index in [9.17, 15) is 14.7 Å². The lowest BCUT2D eigenvalue weighted by Crippen LogP contribution is -2.53. The molecule has 1 aliphatic heterocycles. The van der Waals surface area contributed by atoms with Crippen LogP contribution < -0.4 is 10.4 Å². The number of ether oxygens (including phenoxy) is 2. The van der Waals surface area contributed by atoms with Crippen molar-refractivity contribution in [2.75, 3.05) is 20.2 Å². The Kier molecular flexibility index (Phi) is 9.12. The Balaban J connectivity index is 1.38. The number of thiophene rings is 1. The average molecular weight is 693 g/mol. The van der Waals surface area contributed by atoms with Crippen LogP contribution in [0.15, 0.2) is 45.9 Å². The molecule has 1 saturated heterocycles. The number of para-hydroxylation sites is 1. The van der Waals surface area contributed by atoms with E-state index in [-0.39, 0.29) is 30.3 Å². The molecule has 3 aromatic heterocycles. The fraction of sp³-hybridized carbons (Fsp3) is 0.556. The highest BCUT2D eigenvalue weighted by molar-refractivity contribution is 7.71. The van der Waals surface area contributed by atoms with Gasteiger partial charge in [-0.2, -0.15) is 0 Å². The topological polar surface area (TPSA) is 112 Å². The van der Waals surface area contributed by atoms with E-state index in [4.69, 9.17) is 26.1 Å². The summed E-state index contributed by atoms with van der Waals surface area (Å²) in [6.07, 6.45) is 8.67. The molecule has 1 aromatic carbocycles. The number of aromatic nitrogens is 3. The molecule has 4 heterocycles. The molecule has 3 aliphatic rings. The molecule has 48 heavy (non-hydrogen) atoms. The molecule has 7 rings (SSSR count). The van der Waals surface area contributed by atoms with Crippen LogP contribution in [0.4, 0.5) is 0 Å². The molecule has 12 heteroatoms. The second kappa shape index (κ2) is 13.2. The van der Waals surface area contributed by atoms with E-state index in [0.29, 0.717) is 46.0 Å². The molecule has 3 fully saturated rings. The fourth-order valence-corrected chi connectivity index (χ4v) is 10.2. The molecule has 3 atom stereocenters. The molecule has 0 bridgehead atoms. The van der Waals surface area contributed by atoms with Crippen molar-refractivity contribution in [3.05, 3.63) is 63.0 Å². The lowest BCUT2D eigenvalue weighted by Gasteiger charge is -2.36. The largest absolute Gasteiger partial charge is 0.496 e. The molecule has 2 saturated carbocycles. The number of amides is 1. The van der Waals surface area contributed by atoms with Gasteiger partial charge < -0.3 is 23.9 Å². The molecular weight excluding hydrogens is 649 g/mol. The summed E-state index contributed by atoms with van der Waals surface area (Å²) in [5.41, 5.74) is 0.0979. The summed E-state index contributed by atoms with van der Waals surface area (Å²) in [6, 6.07) is 7.77. The number of fused-ring (bicyclic) bond motifs is 2. The van der Waals surface area contributed by atoms with Crippen LogP contribution in [0.25, 0.3) is 21.0 Å². The first-order chi connectivity index (χ1) is 23.1. The zero-order valence-electron chi connectivity index (χ0n) is 28.0. The molecular formula is C36H44N4O6S2. The van der Waals surface area contributed by atoms with Crippen molar-refractivity contribution < 1.29 is 23.8 Å². The fourth-order valence-electron chi connectivity index (χ4n) is 8.30. The highest BCUT2D eigenvalue weighted by atomic mass is 32.1. The first kappa shape index (κ1) is 33.2. The minimum absolute atomic E-state index is 0.0240. The van der Waals surface area contributed by atoms with Gasteiger partial charge in [-0.3, -0.25) is 13.9 Å². The second-order valence-corrected chi connectivity index (χ2v) is 15.5. The van der Waals surface area contributed by atoms with Gasteiger partial charge in [-0.1, -0.05) is 30.4 Å². The van der Waals surface area contributed by atoms with Gasteiger partial charge in [0.05, 0.1) is 36.9 Å². The smallest absolute Gasteiger partial charge is 0.331 e. The van der Waals surface area contributed by atoms with E-state index in [0.717, 1.165) is 66.3 Å². The Hall–Kier alpha value is -3.32. The van der Waals surface area contributed by atoms with Crippen molar-refractivity contribution in [2.45, 2.75) is 96.1 Å². The van der Waals surface area contributed by atoms with Gasteiger partial charge in [-0.15, -0.1) is 11.3 Å². The Morgan fingerprint density at radius 2 is 1.85 bits per heavy atom. The molecule has 0 radical (unpaired) electrons. The van der Waals surface area contributed by atoms with Crippen molar-refractivity contribution in [1.29, 1.82) is 0 Å². The molecule has 256 valence electrons. The van der Waals surface area contributed by atoms with Crippen molar-refractivity contribution in [2.24, 2.45) is 11.8 Å². The van der Waals surface area contributed by atoms with E-state index in [2.05, 4.69) is 4.98 Å². The van der Waals surface area contributed by atoms with Crippen molar-refractivity contribution in [3.8, 4) is 16.5 Å². The van der Waals surface area contributed by atoms with Crippen molar-refractivity contribution in [1.82, 2.24) is 19.0 Å². The van der Waals surface area contributed by atoms with Crippen molar-refractivity contribution >= 4 is 39.7 Å². The van der Waals surface area contributed by atoms with Gasteiger partial charge in [-0.25, -0.2) is 9.78 Å². The Bertz CT molecular complexity index is 1910. The number of carbonyl (C=O) groups is 1. The number of nitrogens with zero attached hydrogens (tertiary/aromatic N) is 4. The lowest BCUT2D eigenvalue weighted by atomic mass is 10.00. The zero-order valence-corrected chi connectivity index (χ0v) is 29.6. The molecule has 10 nitrogen and oxygen atoms in total. The predicted octanol–water partition coefficient (Wildman–Crippen LogP) is 6.62. The normalized spacial score (nSPS) is 23.5. The van der Waals surface area contributed by atoms with Gasteiger partial charge in [0.1, 0.15) is 33.1 Å². The number of hydrogen-bond donors (Lipinski definition) is 1. The van der Waals surface area contributed by atoms with Gasteiger partial charge in [-0.05, 0) is 89.2 Å². The number of aryl methyl sites for hydroxylation is 1. The first-order valence-electron chi connectivity index (χ1n) is 17.0. The molecule has 1 amide bonds. The minimum atomic E-state index is -1.23. The Labute approximate surface area is 289 Å². The standard InChI is InChI=1S/C36H44N4O6S2/c1-21-29-32(47)40(36(2,3)34(42)38-13-8-5-9-14-38)35(43)39(33(29)48-30(21)31-37-12-15-45-31)20-28(26-10-6-7-11-27(26)44-4)46-25-18-22-16-24(41)17-23(22)19-25/h6-7,10-12,15,22-25,28,41H,5,8-9,13-14,16-20H2,1-4H3. The highest BCUT2D eigenvalue weighted by Crippen LogP contribution is 2.47. The van der Waals surface area contributed by atoms with Crippen LogP contribution in [0.1, 0.15) is 76.0 Å². The van der Waals surface area contributed by atoms with E-state index in [1.165, 1.54) is 22.2 Å². The Morgan fingerprint density at radius 1 is 1.15 bits per heavy atom. The highest BCUT2D eigenvalue weighted by Gasteiger charge is 2.43. The van der Waals surface area contributed by atoms with Crippen LogP contribution in [0.3, 0.4) is 0 Å². The van der Waals surface area contributed by atoms with Crippen LogP contribution in [0.5, 0.6) is 5.75 Å². The quantitative estimate of drug-likeness (QED) is 0.195. The number of aliphatic hydroxyl groups is 1. The van der Waals surface area contributed by atoms with E-state index in [1.807, 2.05) is 36.1 Å². The summed E-state index contributed by atoms with van der Waals surface area (Å²) >= 11 is 7.53. The number of aliphatic hydroxyl groups excluding tert-OH is 1. The number of oxazole rings is 1. The van der Waals surface area contributed by atoms with E-state index >= 15 is 0 Å². The lowest BCUT2D eigenvalue weighted by molar-refractivity contribution is -0.140. The number of piperidine rings is 1. The number of methoxy groups -OCH3 is 1. The van der Waals surface area contributed by atoms with Gasteiger partial charge in [0.2, 0.25) is 11.8 Å². The maximum Gasteiger partial charge on any atom is 0.331 e. The maximum absolute atomic E-state index is 14.9. The van der Waals surface area contributed by atoms with Gasteiger partial charge in [0, 0.05) is 24.0 Å².